The fraction of sp³-hybridized carbons (Fsp3) is 0.714. The van der Waals surface area contributed by atoms with Crippen molar-refractivity contribution >= 4 is 34.7 Å². The first-order valence-corrected chi connectivity index (χ1v) is 8.25. The minimum atomic E-state index is -1.25. The molecule has 0 aliphatic carbocycles. The summed E-state index contributed by atoms with van der Waals surface area (Å²) in [6.45, 7) is 3.14. The highest BCUT2D eigenvalue weighted by molar-refractivity contribution is 8.13. The van der Waals surface area contributed by atoms with Crippen molar-refractivity contribution in [3.05, 3.63) is 0 Å². The zero-order chi connectivity index (χ0) is 17.5. The predicted molar refractivity (Wildman–Crippen MR) is 83.5 cm³/mol. The SMILES string of the molecule is CC(C)(CO)[C@H]1OC(=O)CC(=O)SCCNC(=O)CCNC1=O. The summed E-state index contributed by atoms with van der Waals surface area (Å²) in [6.07, 6.45) is -1.64. The quantitative estimate of drug-likeness (QED) is 0.442. The number of carbonyl (C=O) groups is 4. The standard InChI is InChI=1S/C14H22N2O6S/c1-14(2,8-17)12-13(21)16-4-3-9(18)15-5-6-23-11(20)7-10(19)22-12/h12,17H,3-8H2,1-2H3,(H,15,18)(H,16,21)/t12-/m0/s1. The molecule has 0 aromatic carbocycles. The lowest BCUT2D eigenvalue weighted by atomic mass is 9.86. The first-order valence-electron chi connectivity index (χ1n) is 7.26. The number of esters is 1. The van der Waals surface area contributed by atoms with Gasteiger partial charge in [-0.2, -0.15) is 0 Å². The van der Waals surface area contributed by atoms with Crippen molar-refractivity contribution in [2.24, 2.45) is 5.41 Å². The van der Waals surface area contributed by atoms with Gasteiger partial charge in [-0.1, -0.05) is 25.6 Å². The summed E-state index contributed by atoms with van der Waals surface area (Å²) >= 11 is 0.920. The number of hydrogen-bond acceptors (Lipinski definition) is 7. The molecule has 1 fully saturated rings. The van der Waals surface area contributed by atoms with E-state index in [1.165, 1.54) is 0 Å². The highest BCUT2D eigenvalue weighted by Gasteiger charge is 2.38. The maximum atomic E-state index is 12.2. The monoisotopic (exact) mass is 346 g/mol. The van der Waals surface area contributed by atoms with Crippen LogP contribution in [0.25, 0.3) is 0 Å². The molecule has 0 aromatic rings. The van der Waals surface area contributed by atoms with Crippen molar-refractivity contribution in [3.63, 3.8) is 0 Å². The zero-order valence-electron chi connectivity index (χ0n) is 13.2. The molecule has 3 N–H and O–H groups in total. The summed E-state index contributed by atoms with van der Waals surface area (Å²) in [5.74, 6) is -1.31. The third kappa shape index (κ3) is 6.57. The van der Waals surface area contributed by atoms with Crippen molar-refractivity contribution in [3.8, 4) is 0 Å². The van der Waals surface area contributed by atoms with Crippen LogP contribution < -0.4 is 10.6 Å². The van der Waals surface area contributed by atoms with Gasteiger partial charge in [-0.3, -0.25) is 19.2 Å². The average Bonchev–Trinajstić information content (AvgIpc) is 2.48. The Labute approximate surface area is 138 Å². The molecule has 0 bridgehead atoms. The molecular weight excluding hydrogens is 324 g/mol. The van der Waals surface area contributed by atoms with Crippen LogP contribution in [0.2, 0.25) is 0 Å². The highest BCUT2D eigenvalue weighted by atomic mass is 32.2. The van der Waals surface area contributed by atoms with E-state index in [-0.39, 0.29) is 25.5 Å². The fourth-order valence-electron chi connectivity index (χ4n) is 1.83. The van der Waals surface area contributed by atoms with Crippen LogP contribution in [0.5, 0.6) is 0 Å². The van der Waals surface area contributed by atoms with Gasteiger partial charge in [-0.15, -0.1) is 0 Å². The Balaban J connectivity index is 2.87. The molecule has 8 nitrogen and oxygen atoms in total. The van der Waals surface area contributed by atoms with Gasteiger partial charge in [0.15, 0.2) is 11.2 Å². The zero-order valence-corrected chi connectivity index (χ0v) is 14.0. The maximum Gasteiger partial charge on any atom is 0.315 e. The number of aliphatic hydroxyl groups excluding tert-OH is 1. The topological polar surface area (TPSA) is 122 Å². The molecule has 2 amide bonds. The fourth-order valence-corrected chi connectivity index (χ4v) is 2.48. The molecule has 1 saturated heterocycles. The number of nitrogens with one attached hydrogen (secondary N) is 2. The van der Waals surface area contributed by atoms with Crippen LogP contribution >= 0.6 is 11.8 Å². The molecule has 1 atom stereocenters. The van der Waals surface area contributed by atoms with Gasteiger partial charge in [0.05, 0.1) is 6.61 Å². The molecule has 0 radical (unpaired) electrons. The lowest BCUT2D eigenvalue weighted by molar-refractivity contribution is -0.165. The van der Waals surface area contributed by atoms with Crippen molar-refractivity contribution in [1.29, 1.82) is 0 Å². The van der Waals surface area contributed by atoms with Gasteiger partial charge in [0.2, 0.25) is 5.91 Å². The first kappa shape index (κ1) is 19.4. The summed E-state index contributed by atoms with van der Waals surface area (Å²) in [7, 11) is 0. The van der Waals surface area contributed by atoms with E-state index in [4.69, 9.17) is 4.74 Å². The van der Waals surface area contributed by atoms with Crippen molar-refractivity contribution in [2.45, 2.75) is 32.8 Å². The van der Waals surface area contributed by atoms with Crippen molar-refractivity contribution < 1.29 is 29.0 Å². The molecule has 9 heteroatoms. The summed E-state index contributed by atoms with van der Waals surface area (Å²) in [5, 5.41) is 14.1. The van der Waals surface area contributed by atoms with Gasteiger partial charge in [-0.25, -0.2) is 0 Å². The second-order valence-electron chi connectivity index (χ2n) is 5.80. The largest absolute Gasteiger partial charge is 0.451 e. The second-order valence-corrected chi connectivity index (χ2v) is 6.96. The number of hydrogen-bond donors (Lipinski definition) is 3. The summed E-state index contributed by atoms with van der Waals surface area (Å²) in [4.78, 5) is 47.2. The molecule has 0 spiro atoms. The van der Waals surface area contributed by atoms with Gasteiger partial charge in [-0.05, 0) is 0 Å². The number of thioether (sulfide) groups is 1. The predicted octanol–water partition coefficient (Wildman–Crippen LogP) is -0.797. The lowest BCUT2D eigenvalue weighted by Crippen LogP contribution is -2.49. The molecule has 1 heterocycles. The molecular formula is C14H22N2O6S. The van der Waals surface area contributed by atoms with Gasteiger partial charge in [0, 0.05) is 30.7 Å². The molecule has 0 aromatic heterocycles. The van der Waals surface area contributed by atoms with E-state index in [1.54, 1.807) is 13.8 Å². The van der Waals surface area contributed by atoms with Crippen LogP contribution in [0.4, 0.5) is 0 Å². The normalized spacial score (nSPS) is 22.7. The number of aliphatic hydroxyl groups is 1. The average molecular weight is 346 g/mol. The van der Waals surface area contributed by atoms with E-state index in [2.05, 4.69) is 10.6 Å². The Morgan fingerprint density at radius 1 is 1.22 bits per heavy atom. The van der Waals surface area contributed by atoms with Crippen LogP contribution in [-0.4, -0.2) is 59.6 Å². The molecule has 1 aliphatic heterocycles. The second kappa shape index (κ2) is 8.88. The summed E-state index contributed by atoms with van der Waals surface area (Å²) in [5.41, 5.74) is -1.02. The molecule has 0 unspecified atom stereocenters. The number of carbonyl (C=O) groups excluding carboxylic acids is 4. The summed E-state index contributed by atoms with van der Waals surface area (Å²) < 4.78 is 5.11. The first-order chi connectivity index (χ1) is 10.8. The Morgan fingerprint density at radius 3 is 2.57 bits per heavy atom. The van der Waals surface area contributed by atoms with Gasteiger partial charge >= 0.3 is 5.97 Å². The van der Waals surface area contributed by atoms with E-state index >= 15 is 0 Å². The molecule has 130 valence electrons. The van der Waals surface area contributed by atoms with Gasteiger partial charge in [0.1, 0.15) is 6.42 Å². The van der Waals surface area contributed by atoms with E-state index in [1.807, 2.05) is 0 Å². The molecule has 0 saturated carbocycles. The van der Waals surface area contributed by atoms with Crippen molar-refractivity contribution in [2.75, 3.05) is 25.4 Å². The van der Waals surface area contributed by atoms with Crippen LogP contribution in [0.15, 0.2) is 0 Å². The minimum absolute atomic E-state index is 0.0740. The van der Waals surface area contributed by atoms with Crippen molar-refractivity contribution in [1.82, 2.24) is 10.6 Å². The molecule has 1 rings (SSSR count). The Kier molecular flexibility index (Phi) is 7.50. The number of cyclic esters (lactones) is 1. The number of amides is 2. The third-order valence-corrected chi connectivity index (χ3v) is 4.11. The van der Waals surface area contributed by atoms with Crippen LogP contribution in [0.1, 0.15) is 26.7 Å². The van der Waals surface area contributed by atoms with Gasteiger partial charge in [0.25, 0.3) is 5.91 Å². The Hall–Kier alpha value is -1.61. The smallest absolute Gasteiger partial charge is 0.315 e. The molecule has 23 heavy (non-hydrogen) atoms. The van der Waals surface area contributed by atoms with E-state index in [0.717, 1.165) is 11.8 Å². The van der Waals surface area contributed by atoms with Crippen LogP contribution in [0.3, 0.4) is 0 Å². The Morgan fingerprint density at radius 2 is 1.91 bits per heavy atom. The third-order valence-electron chi connectivity index (χ3n) is 3.23. The maximum absolute atomic E-state index is 12.2. The van der Waals surface area contributed by atoms with E-state index in [0.29, 0.717) is 12.3 Å². The molecule has 1 aliphatic rings. The van der Waals surface area contributed by atoms with Crippen LogP contribution in [0, 0.1) is 5.41 Å². The minimum Gasteiger partial charge on any atom is -0.451 e. The number of rotatable bonds is 2. The number of ether oxygens (including phenoxy) is 1. The lowest BCUT2D eigenvalue weighted by Gasteiger charge is -2.31. The summed E-state index contributed by atoms with van der Waals surface area (Å²) in [6, 6.07) is 0. The van der Waals surface area contributed by atoms with Gasteiger partial charge < -0.3 is 20.5 Å². The highest BCUT2D eigenvalue weighted by Crippen LogP contribution is 2.24. The van der Waals surface area contributed by atoms with Crippen LogP contribution in [-0.2, 0) is 23.9 Å². The van der Waals surface area contributed by atoms with E-state index in [9.17, 15) is 24.3 Å². The Bertz CT molecular complexity index is 480. The van der Waals surface area contributed by atoms with E-state index < -0.39 is 34.9 Å².